The minimum Gasteiger partial charge on any atom is -0.444 e. The number of Topliss-reactive ketones (excluding diaryl/α,β-unsaturated/α-hetero) is 1. The second-order valence-electron chi connectivity index (χ2n) is 9.19. The van der Waals surface area contributed by atoms with Crippen molar-refractivity contribution in [1.29, 1.82) is 0 Å². The summed E-state index contributed by atoms with van der Waals surface area (Å²) in [5, 5.41) is 0.588. The molecule has 7 nitrogen and oxygen atoms in total. The molecule has 1 unspecified atom stereocenters. The van der Waals surface area contributed by atoms with Gasteiger partial charge in [-0.3, -0.25) is 9.36 Å². The van der Waals surface area contributed by atoms with Gasteiger partial charge >= 0.3 is 12.2 Å². The summed E-state index contributed by atoms with van der Waals surface area (Å²) in [6, 6.07) is 4.50. The molecule has 0 N–H and O–H groups in total. The lowest BCUT2D eigenvalue weighted by Gasteiger charge is -2.28. The molecular formula is C22H29BrN2O5. The van der Waals surface area contributed by atoms with Crippen molar-refractivity contribution < 1.29 is 23.9 Å². The second-order valence-corrected chi connectivity index (χ2v) is 10.1. The fourth-order valence-corrected chi connectivity index (χ4v) is 3.11. The molecule has 0 spiro atoms. The van der Waals surface area contributed by atoms with Gasteiger partial charge in [-0.2, -0.15) is 0 Å². The lowest BCUT2D eigenvalue weighted by Crippen LogP contribution is -2.43. The maximum Gasteiger partial charge on any atom is 0.419 e. The monoisotopic (exact) mass is 480 g/mol. The zero-order valence-electron chi connectivity index (χ0n) is 18.7. The number of carbonyl (C=O) groups is 3. The van der Waals surface area contributed by atoms with E-state index in [0.29, 0.717) is 16.5 Å². The van der Waals surface area contributed by atoms with Crippen LogP contribution in [0.3, 0.4) is 0 Å². The van der Waals surface area contributed by atoms with E-state index >= 15 is 0 Å². The van der Waals surface area contributed by atoms with E-state index in [1.807, 2.05) is 0 Å². The van der Waals surface area contributed by atoms with Crippen molar-refractivity contribution in [2.75, 3.05) is 7.05 Å². The molecule has 0 aliphatic heterocycles. The zero-order chi connectivity index (χ0) is 23.0. The number of hydrogen-bond acceptors (Lipinski definition) is 5. The largest absolute Gasteiger partial charge is 0.444 e. The van der Waals surface area contributed by atoms with Crippen LogP contribution in [0.5, 0.6) is 0 Å². The van der Waals surface area contributed by atoms with Gasteiger partial charge in [-0.05, 0) is 66.7 Å². The van der Waals surface area contributed by atoms with E-state index < -0.39 is 29.4 Å². The lowest BCUT2D eigenvalue weighted by molar-refractivity contribution is 0.0231. The first-order chi connectivity index (χ1) is 13.6. The number of carbonyl (C=O) groups excluding carboxylic acids is 3. The van der Waals surface area contributed by atoms with E-state index in [-0.39, 0.29) is 5.78 Å². The van der Waals surface area contributed by atoms with Gasteiger partial charge in [0.05, 0.1) is 11.6 Å². The maximum absolute atomic E-state index is 13.3. The van der Waals surface area contributed by atoms with Gasteiger partial charge in [0.2, 0.25) is 0 Å². The van der Waals surface area contributed by atoms with Crippen molar-refractivity contribution in [2.45, 2.75) is 65.7 Å². The first-order valence-corrected chi connectivity index (χ1v) is 10.4. The first-order valence-electron chi connectivity index (χ1n) is 9.65. The Morgan fingerprint density at radius 1 is 1.03 bits per heavy atom. The highest BCUT2D eigenvalue weighted by atomic mass is 79.9. The third-order valence-corrected chi connectivity index (χ3v) is 4.76. The molecule has 1 amide bonds. The molecule has 2 rings (SSSR count). The molecule has 8 heteroatoms. The number of ketones is 1. The van der Waals surface area contributed by atoms with E-state index in [1.165, 1.54) is 22.7 Å². The maximum atomic E-state index is 13.3. The van der Waals surface area contributed by atoms with Gasteiger partial charge in [-0.15, -0.1) is 0 Å². The van der Waals surface area contributed by atoms with Gasteiger partial charge < -0.3 is 14.4 Å². The van der Waals surface area contributed by atoms with Gasteiger partial charge in [0, 0.05) is 28.7 Å². The number of aromatic nitrogens is 1. The van der Waals surface area contributed by atoms with Crippen LogP contribution in [-0.2, 0) is 9.47 Å². The van der Waals surface area contributed by atoms with Crippen LogP contribution in [0.4, 0.5) is 9.59 Å². The topological polar surface area (TPSA) is 77.8 Å². The van der Waals surface area contributed by atoms with Gasteiger partial charge in [0.25, 0.3) is 0 Å². The highest BCUT2D eigenvalue weighted by molar-refractivity contribution is 9.10. The Balaban J connectivity index is 2.45. The van der Waals surface area contributed by atoms with Gasteiger partial charge in [-0.25, -0.2) is 9.59 Å². The van der Waals surface area contributed by atoms with Crippen molar-refractivity contribution in [1.82, 2.24) is 9.47 Å². The van der Waals surface area contributed by atoms with Crippen LogP contribution >= 0.6 is 15.9 Å². The molecule has 164 valence electrons. The van der Waals surface area contributed by atoms with Crippen LogP contribution < -0.4 is 0 Å². The second kappa shape index (κ2) is 8.41. The van der Waals surface area contributed by atoms with E-state index in [9.17, 15) is 14.4 Å². The molecule has 0 saturated heterocycles. The number of fused-ring (bicyclic) bond motifs is 1. The highest BCUT2D eigenvalue weighted by Gasteiger charge is 2.30. The molecule has 0 fully saturated rings. The number of halogens is 1. The SMILES string of the molecule is CC(C(=O)c1cn(C(=O)OC(C)(C)C)c2ccc(Br)cc12)N(C)C(=O)OC(C)(C)C. The smallest absolute Gasteiger partial charge is 0.419 e. The van der Waals surface area contributed by atoms with Crippen LogP contribution in [0.15, 0.2) is 28.9 Å². The highest BCUT2D eigenvalue weighted by Crippen LogP contribution is 2.28. The molecule has 0 aliphatic rings. The molecular weight excluding hydrogens is 452 g/mol. The molecule has 0 saturated carbocycles. The van der Waals surface area contributed by atoms with Gasteiger partial charge in [0.1, 0.15) is 11.2 Å². The molecule has 0 aliphatic carbocycles. The molecule has 30 heavy (non-hydrogen) atoms. The molecule has 1 aromatic heterocycles. The number of ether oxygens (including phenoxy) is 2. The van der Waals surface area contributed by atoms with Crippen molar-refractivity contribution in [3.05, 3.63) is 34.4 Å². The fourth-order valence-electron chi connectivity index (χ4n) is 2.75. The number of amides is 1. The summed E-state index contributed by atoms with van der Waals surface area (Å²) < 4.78 is 12.9. The van der Waals surface area contributed by atoms with Crippen LogP contribution in [0.1, 0.15) is 58.8 Å². The Labute approximate surface area is 185 Å². The van der Waals surface area contributed by atoms with Crippen LogP contribution in [0.2, 0.25) is 0 Å². The fraction of sp³-hybridized carbons (Fsp3) is 0.500. The molecule has 0 radical (unpaired) electrons. The number of rotatable bonds is 3. The zero-order valence-corrected chi connectivity index (χ0v) is 20.3. The van der Waals surface area contributed by atoms with Crippen molar-refractivity contribution in [3.63, 3.8) is 0 Å². The van der Waals surface area contributed by atoms with Crippen molar-refractivity contribution in [3.8, 4) is 0 Å². The molecule has 0 bridgehead atoms. The molecule has 1 atom stereocenters. The number of benzene rings is 1. The number of likely N-dealkylation sites (N-methyl/N-ethyl adjacent to an activating group) is 1. The van der Waals surface area contributed by atoms with Crippen LogP contribution in [0, 0.1) is 0 Å². The summed E-state index contributed by atoms with van der Waals surface area (Å²) in [6.07, 6.45) is 0.287. The Kier molecular flexibility index (Phi) is 6.71. The third-order valence-electron chi connectivity index (χ3n) is 4.26. The summed E-state index contributed by atoms with van der Waals surface area (Å²) in [5.41, 5.74) is -0.494. The normalized spacial score (nSPS) is 13.1. The average molecular weight is 481 g/mol. The minimum absolute atomic E-state index is 0.311. The molecule has 2 aromatic rings. The predicted octanol–water partition coefficient (Wildman–Crippen LogP) is 5.63. The van der Waals surface area contributed by atoms with E-state index in [2.05, 4.69) is 15.9 Å². The number of nitrogens with zero attached hydrogens (tertiary/aromatic N) is 2. The summed E-state index contributed by atoms with van der Waals surface area (Å²) in [5.74, 6) is -0.311. The molecule has 1 heterocycles. The van der Waals surface area contributed by atoms with E-state index in [0.717, 1.165) is 4.47 Å². The predicted molar refractivity (Wildman–Crippen MR) is 119 cm³/mol. The van der Waals surface area contributed by atoms with E-state index in [4.69, 9.17) is 9.47 Å². The minimum atomic E-state index is -0.795. The summed E-state index contributed by atoms with van der Waals surface area (Å²) in [4.78, 5) is 39.6. The molecule has 1 aromatic carbocycles. The Morgan fingerprint density at radius 3 is 2.13 bits per heavy atom. The lowest BCUT2D eigenvalue weighted by atomic mass is 10.0. The Bertz CT molecular complexity index is 982. The van der Waals surface area contributed by atoms with Crippen LogP contribution in [-0.4, -0.2) is 51.7 Å². The van der Waals surface area contributed by atoms with Gasteiger partial charge in [0.15, 0.2) is 5.78 Å². The van der Waals surface area contributed by atoms with Gasteiger partial charge in [-0.1, -0.05) is 15.9 Å². The standard InChI is InChI=1S/C22H29BrN2O5/c1-13(24(8)19(27)29-21(2,3)4)18(26)16-12-25(20(28)30-22(5,6)7)17-10-9-14(23)11-15(16)17/h9-13H,1-8H3. The summed E-state index contributed by atoms with van der Waals surface area (Å²) >= 11 is 3.41. The summed E-state index contributed by atoms with van der Waals surface area (Å²) in [7, 11) is 1.51. The Hall–Kier alpha value is -2.35. The Morgan fingerprint density at radius 2 is 1.60 bits per heavy atom. The average Bonchev–Trinajstić information content (AvgIpc) is 2.95. The van der Waals surface area contributed by atoms with Crippen molar-refractivity contribution in [2.24, 2.45) is 0 Å². The first kappa shape index (κ1) is 23.9. The number of hydrogen-bond donors (Lipinski definition) is 0. The third kappa shape index (κ3) is 5.62. The quantitative estimate of drug-likeness (QED) is 0.532. The van der Waals surface area contributed by atoms with Crippen molar-refractivity contribution >= 4 is 44.8 Å². The summed E-state index contributed by atoms with van der Waals surface area (Å²) in [6.45, 7) is 12.2. The van der Waals surface area contributed by atoms with E-state index in [1.54, 1.807) is 66.7 Å². The van der Waals surface area contributed by atoms with Crippen LogP contribution in [0.25, 0.3) is 10.9 Å².